The Morgan fingerprint density at radius 3 is 2.52 bits per heavy atom. The largest absolute Gasteiger partial charge is 0.493 e. The number of hydrogen-bond donors (Lipinski definition) is 1. The first-order chi connectivity index (χ1) is 13.2. The monoisotopic (exact) mass is 367 g/mol. The SMILES string of the molecule is COc1ccc([C@@H]2OC(=O)NC[C@H]2c2ccccc2)cc1OC1CCCC1. The van der Waals surface area contributed by atoms with E-state index in [1.165, 1.54) is 12.8 Å². The van der Waals surface area contributed by atoms with Crippen LogP contribution in [0, 0.1) is 0 Å². The fraction of sp³-hybridized carbons (Fsp3) is 0.409. The first kappa shape index (κ1) is 17.7. The van der Waals surface area contributed by atoms with E-state index in [-0.39, 0.29) is 24.2 Å². The quantitative estimate of drug-likeness (QED) is 0.840. The molecule has 1 saturated heterocycles. The lowest BCUT2D eigenvalue weighted by molar-refractivity contribution is 0.0591. The lowest BCUT2D eigenvalue weighted by atomic mass is 9.88. The van der Waals surface area contributed by atoms with E-state index in [0.29, 0.717) is 12.3 Å². The number of benzene rings is 2. The number of carbonyl (C=O) groups is 1. The van der Waals surface area contributed by atoms with Gasteiger partial charge in [0.05, 0.1) is 13.2 Å². The van der Waals surface area contributed by atoms with Crippen LogP contribution in [-0.2, 0) is 4.74 Å². The van der Waals surface area contributed by atoms with Crippen molar-refractivity contribution < 1.29 is 19.0 Å². The Morgan fingerprint density at radius 1 is 1.00 bits per heavy atom. The summed E-state index contributed by atoms with van der Waals surface area (Å²) >= 11 is 0. The molecule has 2 aromatic carbocycles. The summed E-state index contributed by atoms with van der Waals surface area (Å²) in [4.78, 5) is 11.9. The Bertz CT molecular complexity index is 786. The third-order valence-electron chi connectivity index (χ3n) is 5.41. The van der Waals surface area contributed by atoms with Crippen LogP contribution in [0.25, 0.3) is 0 Å². The summed E-state index contributed by atoms with van der Waals surface area (Å²) in [5, 5.41) is 2.81. The van der Waals surface area contributed by atoms with Crippen molar-refractivity contribution in [1.82, 2.24) is 5.32 Å². The number of nitrogens with one attached hydrogen (secondary N) is 1. The molecule has 2 fully saturated rings. The molecule has 0 spiro atoms. The number of rotatable bonds is 5. The molecule has 1 heterocycles. The highest BCUT2D eigenvalue weighted by Gasteiger charge is 2.33. The fourth-order valence-corrected chi connectivity index (χ4v) is 3.98. The Hall–Kier alpha value is -2.69. The lowest BCUT2D eigenvalue weighted by Crippen LogP contribution is -2.39. The van der Waals surface area contributed by atoms with Crippen LogP contribution in [0.1, 0.15) is 48.8 Å². The Kier molecular flexibility index (Phi) is 5.19. The molecule has 4 rings (SSSR count). The smallest absolute Gasteiger partial charge is 0.407 e. The second kappa shape index (κ2) is 7.91. The zero-order valence-corrected chi connectivity index (χ0v) is 15.5. The normalized spacial score (nSPS) is 22.8. The van der Waals surface area contributed by atoms with Gasteiger partial charge in [0.1, 0.15) is 6.10 Å². The second-order valence-corrected chi connectivity index (χ2v) is 7.16. The number of ether oxygens (including phenoxy) is 3. The number of cyclic esters (lactones) is 1. The molecule has 1 N–H and O–H groups in total. The molecule has 0 unspecified atom stereocenters. The van der Waals surface area contributed by atoms with Gasteiger partial charge in [0.2, 0.25) is 0 Å². The predicted octanol–water partition coefficient (Wildman–Crippen LogP) is 4.58. The van der Waals surface area contributed by atoms with Crippen molar-refractivity contribution in [3.8, 4) is 11.5 Å². The average molecular weight is 367 g/mol. The lowest BCUT2D eigenvalue weighted by Gasteiger charge is -2.32. The molecule has 5 heteroatoms. The molecule has 27 heavy (non-hydrogen) atoms. The van der Waals surface area contributed by atoms with E-state index in [4.69, 9.17) is 14.2 Å². The van der Waals surface area contributed by atoms with Crippen molar-refractivity contribution in [3.63, 3.8) is 0 Å². The van der Waals surface area contributed by atoms with Crippen LogP contribution in [0.5, 0.6) is 11.5 Å². The van der Waals surface area contributed by atoms with Crippen LogP contribution in [0.2, 0.25) is 0 Å². The van der Waals surface area contributed by atoms with Gasteiger partial charge in [0.25, 0.3) is 0 Å². The molecule has 1 amide bonds. The highest BCUT2D eigenvalue weighted by molar-refractivity contribution is 5.69. The van der Waals surface area contributed by atoms with Gasteiger partial charge in [-0.15, -0.1) is 0 Å². The summed E-state index contributed by atoms with van der Waals surface area (Å²) in [5.41, 5.74) is 2.06. The molecule has 2 aromatic rings. The minimum absolute atomic E-state index is 0.0385. The highest BCUT2D eigenvalue weighted by Crippen LogP contribution is 2.40. The van der Waals surface area contributed by atoms with Crippen LogP contribution in [0.15, 0.2) is 48.5 Å². The summed E-state index contributed by atoms with van der Waals surface area (Å²) in [6.07, 6.45) is 4.03. The topological polar surface area (TPSA) is 56.8 Å². The van der Waals surface area contributed by atoms with Gasteiger partial charge in [-0.2, -0.15) is 0 Å². The summed E-state index contributed by atoms with van der Waals surface area (Å²) in [6, 6.07) is 16.0. The molecular formula is C22H25NO4. The van der Waals surface area contributed by atoms with Crippen molar-refractivity contribution in [2.75, 3.05) is 13.7 Å². The van der Waals surface area contributed by atoms with Crippen molar-refractivity contribution in [2.24, 2.45) is 0 Å². The van der Waals surface area contributed by atoms with Gasteiger partial charge in [-0.05, 0) is 48.9 Å². The third kappa shape index (κ3) is 3.87. The average Bonchev–Trinajstić information content (AvgIpc) is 3.21. The number of methoxy groups -OCH3 is 1. The molecule has 1 saturated carbocycles. The van der Waals surface area contributed by atoms with Gasteiger partial charge in [-0.1, -0.05) is 36.4 Å². The molecule has 2 atom stereocenters. The van der Waals surface area contributed by atoms with Crippen molar-refractivity contribution in [3.05, 3.63) is 59.7 Å². The van der Waals surface area contributed by atoms with Crippen LogP contribution in [-0.4, -0.2) is 25.9 Å². The first-order valence-electron chi connectivity index (χ1n) is 9.58. The number of hydrogen-bond acceptors (Lipinski definition) is 4. The van der Waals surface area contributed by atoms with Crippen LogP contribution in [0.4, 0.5) is 4.79 Å². The Morgan fingerprint density at radius 2 is 1.78 bits per heavy atom. The fourth-order valence-electron chi connectivity index (χ4n) is 3.98. The molecule has 5 nitrogen and oxygen atoms in total. The van der Waals surface area contributed by atoms with Gasteiger partial charge in [-0.3, -0.25) is 0 Å². The van der Waals surface area contributed by atoms with E-state index in [0.717, 1.165) is 29.7 Å². The summed E-state index contributed by atoms with van der Waals surface area (Å²) in [6.45, 7) is 0.540. The first-order valence-corrected chi connectivity index (χ1v) is 9.58. The van der Waals surface area contributed by atoms with Crippen molar-refractivity contribution in [1.29, 1.82) is 0 Å². The van der Waals surface area contributed by atoms with Crippen LogP contribution in [0.3, 0.4) is 0 Å². The minimum Gasteiger partial charge on any atom is -0.493 e. The maximum atomic E-state index is 11.9. The van der Waals surface area contributed by atoms with E-state index in [9.17, 15) is 4.79 Å². The van der Waals surface area contributed by atoms with Crippen LogP contribution < -0.4 is 14.8 Å². The molecule has 0 aromatic heterocycles. The highest BCUT2D eigenvalue weighted by atomic mass is 16.6. The molecule has 0 radical (unpaired) electrons. The van der Waals surface area contributed by atoms with Crippen molar-refractivity contribution >= 4 is 6.09 Å². The van der Waals surface area contributed by atoms with E-state index in [2.05, 4.69) is 17.4 Å². The van der Waals surface area contributed by atoms with Crippen molar-refractivity contribution in [2.45, 2.75) is 43.8 Å². The predicted molar refractivity (Wildman–Crippen MR) is 102 cm³/mol. The maximum Gasteiger partial charge on any atom is 0.407 e. The number of carbonyl (C=O) groups excluding carboxylic acids is 1. The standard InChI is InChI=1S/C22H25NO4/c1-25-19-12-11-16(13-20(19)26-17-9-5-6-10-17)21-18(14-23-22(24)27-21)15-7-3-2-4-8-15/h2-4,7-8,11-13,17-18,21H,5-6,9-10,14H2,1H3,(H,23,24)/t18-,21-/m0/s1. The van der Waals surface area contributed by atoms with Gasteiger partial charge in [-0.25, -0.2) is 4.79 Å². The van der Waals surface area contributed by atoms with Gasteiger partial charge in [0, 0.05) is 12.5 Å². The minimum atomic E-state index is -0.388. The van der Waals surface area contributed by atoms with E-state index in [1.807, 2.05) is 36.4 Å². The zero-order valence-electron chi connectivity index (χ0n) is 15.5. The summed E-state index contributed by atoms with van der Waals surface area (Å²) < 4.78 is 17.4. The number of alkyl carbamates (subject to hydrolysis) is 1. The molecule has 0 bridgehead atoms. The molecule has 2 aliphatic rings. The second-order valence-electron chi connectivity index (χ2n) is 7.16. The number of amides is 1. The van der Waals surface area contributed by atoms with Gasteiger partial charge >= 0.3 is 6.09 Å². The third-order valence-corrected chi connectivity index (χ3v) is 5.41. The van der Waals surface area contributed by atoms with Gasteiger partial charge < -0.3 is 19.5 Å². The van der Waals surface area contributed by atoms with Gasteiger partial charge in [0.15, 0.2) is 11.5 Å². The molecule has 142 valence electrons. The summed E-state index contributed by atoms with van der Waals surface area (Å²) in [7, 11) is 1.65. The van der Waals surface area contributed by atoms with E-state index < -0.39 is 0 Å². The molecule has 1 aliphatic heterocycles. The Balaban J connectivity index is 1.65. The molecule has 1 aliphatic carbocycles. The van der Waals surface area contributed by atoms with E-state index in [1.54, 1.807) is 7.11 Å². The zero-order chi connectivity index (χ0) is 18.6. The maximum absolute atomic E-state index is 11.9. The Labute approximate surface area is 159 Å². The van der Waals surface area contributed by atoms with Crippen LogP contribution >= 0.6 is 0 Å². The molecular weight excluding hydrogens is 342 g/mol. The van der Waals surface area contributed by atoms with E-state index >= 15 is 0 Å². The summed E-state index contributed by atoms with van der Waals surface area (Å²) in [5.74, 6) is 1.47.